The van der Waals surface area contributed by atoms with Crippen LogP contribution in [-0.4, -0.2) is 18.7 Å². The first kappa shape index (κ1) is 15.8. The quantitative estimate of drug-likeness (QED) is 0.557. The number of esters is 1. The van der Waals surface area contributed by atoms with Crippen molar-refractivity contribution in [2.75, 3.05) is 6.61 Å². The van der Waals surface area contributed by atoms with Crippen LogP contribution in [0.25, 0.3) is 0 Å². The lowest BCUT2D eigenvalue weighted by molar-refractivity contribution is -0.151. The molecule has 0 aliphatic heterocycles. The highest BCUT2D eigenvalue weighted by atomic mass is 35.5. The van der Waals surface area contributed by atoms with Gasteiger partial charge >= 0.3 is 5.97 Å². The predicted molar refractivity (Wildman–Crippen MR) is 76.8 cm³/mol. The van der Waals surface area contributed by atoms with Crippen molar-refractivity contribution in [3.05, 3.63) is 28.8 Å². The first-order valence-electron chi connectivity index (χ1n) is 6.64. The lowest BCUT2D eigenvalue weighted by Crippen LogP contribution is -2.26. The molecule has 0 unspecified atom stereocenters. The number of carbonyl (C=O) groups is 1. The van der Waals surface area contributed by atoms with E-state index in [1.807, 2.05) is 6.92 Å². The van der Waals surface area contributed by atoms with Crippen LogP contribution in [0.1, 0.15) is 38.7 Å². The zero-order chi connectivity index (χ0) is 14.3. The second kappa shape index (κ2) is 8.05. The third-order valence-corrected chi connectivity index (χ3v) is 3.00. The second-order valence-electron chi connectivity index (χ2n) is 4.54. The molecule has 3 nitrogen and oxygen atoms in total. The first-order chi connectivity index (χ1) is 9.04. The van der Waals surface area contributed by atoms with Crippen LogP contribution in [0, 0.1) is 6.92 Å². The van der Waals surface area contributed by atoms with Gasteiger partial charge in [0.25, 0.3) is 0 Å². The molecule has 4 heteroatoms. The van der Waals surface area contributed by atoms with Gasteiger partial charge in [0.05, 0.1) is 6.61 Å². The lowest BCUT2D eigenvalue weighted by atomic mass is 10.2. The third kappa shape index (κ3) is 5.52. The van der Waals surface area contributed by atoms with Gasteiger partial charge in [0.15, 0.2) is 6.10 Å². The minimum atomic E-state index is -0.610. The van der Waals surface area contributed by atoms with Crippen LogP contribution in [-0.2, 0) is 9.53 Å². The molecule has 19 heavy (non-hydrogen) atoms. The molecule has 0 saturated heterocycles. The maximum absolute atomic E-state index is 11.7. The van der Waals surface area contributed by atoms with Gasteiger partial charge in [-0.3, -0.25) is 0 Å². The Balaban J connectivity index is 2.45. The normalized spacial score (nSPS) is 12.0. The van der Waals surface area contributed by atoms with Gasteiger partial charge in [0.1, 0.15) is 5.75 Å². The summed E-state index contributed by atoms with van der Waals surface area (Å²) in [6, 6.07) is 5.30. The summed E-state index contributed by atoms with van der Waals surface area (Å²) in [4.78, 5) is 11.7. The van der Waals surface area contributed by atoms with Crippen LogP contribution in [0.5, 0.6) is 5.75 Å². The second-order valence-corrected chi connectivity index (χ2v) is 4.98. The Kier molecular flexibility index (Phi) is 6.71. The van der Waals surface area contributed by atoms with Gasteiger partial charge in [-0.15, -0.1) is 0 Å². The van der Waals surface area contributed by atoms with Gasteiger partial charge in [-0.25, -0.2) is 4.79 Å². The number of unbranched alkanes of at least 4 members (excludes halogenated alkanes) is 2. The number of hydrogen-bond donors (Lipinski definition) is 0. The van der Waals surface area contributed by atoms with Crippen molar-refractivity contribution < 1.29 is 14.3 Å². The standard InChI is InChI=1S/C15H21ClO3/c1-4-5-6-9-18-15(17)12(3)19-14-8-7-13(16)10-11(14)2/h7-8,10,12H,4-6,9H2,1-3H3/t12-/m1/s1. The van der Waals surface area contributed by atoms with Crippen molar-refractivity contribution in [2.45, 2.75) is 46.1 Å². The molecule has 0 aromatic heterocycles. The van der Waals surface area contributed by atoms with E-state index in [9.17, 15) is 4.79 Å². The first-order valence-corrected chi connectivity index (χ1v) is 7.01. The largest absolute Gasteiger partial charge is 0.479 e. The van der Waals surface area contributed by atoms with Crippen LogP contribution >= 0.6 is 11.6 Å². The topological polar surface area (TPSA) is 35.5 Å². The van der Waals surface area contributed by atoms with E-state index in [1.165, 1.54) is 0 Å². The summed E-state index contributed by atoms with van der Waals surface area (Å²) in [5.41, 5.74) is 0.901. The number of hydrogen-bond acceptors (Lipinski definition) is 3. The van der Waals surface area contributed by atoms with E-state index in [-0.39, 0.29) is 5.97 Å². The summed E-state index contributed by atoms with van der Waals surface area (Å²) in [6.07, 6.45) is 2.46. The van der Waals surface area contributed by atoms with Crippen molar-refractivity contribution in [2.24, 2.45) is 0 Å². The molecule has 106 valence electrons. The van der Waals surface area contributed by atoms with E-state index in [2.05, 4.69) is 6.92 Å². The maximum atomic E-state index is 11.7. The van der Waals surface area contributed by atoms with Gasteiger partial charge in [0.2, 0.25) is 0 Å². The van der Waals surface area contributed by atoms with Crippen molar-refractivity contribution >= 4 is 17.6 Å². The summed E-state index contributed by atoms with van der Waals surface area (Å²) < 4.78 is 10.7. The lowest BCUT2D eigenvalue weighted by Gasteiger charge is -2.15. The number of aryl methyl sites for hydroxylation is 1. The molecule has 0 aliphatic carbocycles. The average Bonchev–Trinajstić information content (AvgIpc) is 2.37. The average molecular weight is 285 g/mol. The molecule has 0 bridgehead atoms. The zero-order valence-corrected chi connectivity index (χ0v) is 12.5. The zero-order valence-electron chi connectivity index (χ0n) is 11.7. The Bertz CT molecular complexity index is 418. The highest BCUT2D eigenvalue weighted by Gasteiger charge is 2.17. The number of rotatable bonds is 7. The molecule has 1 atom stereocenters. The molecular weight excluding hydrogens is 264 g/mol. The van der Waals surface area contributed by atoms with Crippen LogP contribution in [0.2, 0.25) is 5.02 Å². The van der Waals surface area contributed by atoms with Crippen molar-refractivity contribution in [3.63, 3.8) is 0 Å². The molecule has 0 fully saturated rings. The summed E-state index contributed by atoms with van der Waals surface area (Å²) in [6.45, 7) is 6.15. The summed E-state index contributed by atoms with van der Waals surface area (Å²) >= 11 is 5.87. The van der Waals surface area contributed by atoms with E-state index < -0.39 is 6.10 Å². The third-order valence-electron chi connectivity index (χ3n) is 2.76. The molecule has 0 heterocycles. The molecule has 1 aromatic rings. The number of ether oxygens (including phenoxy) is 2. The minimum Gasteiger partial charge on any atom is -0.479 e. The summed E-state index contributed by atoms with van der Waals surface area (Å²) in [5, 5.41) is 0.652. The molecule has 0 N–H and O–H groups in total. The van der Waals surface area contributed by atoms with Crippen LogP contribution in [0.15, 0.2) is 18.2 Å². The van der Waals surface area contributed by atoms with Gasteiger partial charge < -0.3 is 9.47 Å². The molecule has 1 aromatic carbocycles. The smallest absolute Gasteiger partial charge is 0.347 e. The Labute approximate surface area is 119 Å². The summed E-state index contributed by atoms with van der Waals surface area (Å²) in [7, 11) is 0. The van der Waals surface area contributed by atoms with E-state index in [0.29, 0.717) is 17.4 Å². The predicted octanol–water partition coefficient (Wildman–Crippen LogP) is 4.15. The van der Waals surface area contributed by atoms with Gasteiger partial charge in [-0.05, 0) is 44.0 Å². The van der Waals surface area contributed by atoms with E-state index >= 15 is 0 Å². The Morgan fingerprint density at radius 3 is 2.74 bits per heavy atom. The number of halogens is 1. The minimum absolute atomic E-state index is 0.328. The summed E-state index contributed by atoms with van der Waals surface area (Å²) in [5.74, 6) is 0.327. The van der Waals surface area contributed by atoms with E-state index in [1.54, 1.807) is 25.1 Å². The number of benzene rings is 1. The molecule has 0 saturated carbocycles. The van der Waals surface area contributed by atoms with Gasteiger partial charge in [-0.2, -0.15) is 0 Å². The van der Waals surface area contributed by atoms with E-state index in [4.69, 9.17) is 21.1 Å². The van der Waals surface area contributed by atoms with Crippen LogP contribution in [0.4, 0.5) is 0 Å². The van der Waals surface area contributed by atoms with E-state index in [0.717, 1.165) is 24.8 Å². The molecule has 0 radical (unpaired) electrons. The monoisotopic (exact) mass is 284 g/mol. The Morgan fingerprint density at radius 1 is 1.37 bits per heavy atom. The Morgan fingerprint density at radius 2 is 2.11 bits per heavy atom. The van der Waals surface area contributed by atoms with Crippen molar-refractivity contribution in [3.8, 4) is 5.75 Å². The number of carbonyl (C=O) groups excluding carboxylic acids is 1. The van der Waals surface area contributed by atoms with Gasteiger partial charge in [-0.1, -0.05) is 31.4 Å². The molecule has 0 amide bonds. The fourth-order valence-corrected chi connectivity index (χ4v) is 1.85. The molecular formula is C15H21ClO3. The highest BCUT2D eigenvalue weighted by Crippen LogP contribution is 2.23. The maximum Gasteiger partial charge on any atom is 0.347 e. The van der Waals surface area contributed by atoms with Crippen molar-refractivity contribution in [1.82, 2.24) is 0 Å². The fourth-order valence-electron chi connectivity index (χ4n) is 1.63. The van der Waals surface area contributed by atoms with Crippen LogP contribution in [0.3, 0.4) is 0 Å². The molecule has 0 spiro atoms. The van der Waals surface area contributed by atoms with Crippen LogP contribution < -0.4 is 4.74 Å². The molecule has 1 rings (SSSR count). The van der Waals surface area contributed by atoms with Gasteiger partial charge in [0, 0.05) is 5.02 Å². The Hall–Kier alpha value is -1.22. The SMILES string of the molecule is CCCCCOC(=O)[C@@H](C)Oc1ccc(Cl)cc1C. The molecule has 0 aliphatic rings. The highest BCUT2D eigenvalue weighted by molar-refractivity contribution is 6.30. The van der Waals surface area contributed by atoms with Crippen molar-refractivity contribution in [1.29, 1.82) is 0 Å². The fraction of sp³-hybridized carbons (Fsp3) is 0.533.